The number of carbonyl (C=O) groups is 4. The van der Waals surface area contributed by atoms with E-state index < -0.39 is 24.0 Å². The summed E-state index contributed by atoms with van der Waals surface area (Å²) in [7, 11) is 0. The van der Waals surface area contributed by atoms with Crippen LogP contribution in [0.5, 0.6) is 17.2 Å². The zero-order chi connectivity index (χ0) is 31.5. The molecule has 0 bridgehead atoms. The number of esters is 3. The zero-order valence-electron chi connectivity index (χ0n) is 24.2. The van der Waals surface area contributed by atoms with Crippen molar-refractivity contribution >= 4 is 29.7 Å². The first-order valence-electron chi connectivity index (χ1n) is 13.6. The van der Waals surface area contributed by atoms with E-state index in [9.17, 15) is 19.2 Å². The second kappa shape index (κ2) is 18.9. The maximum absolute atomic E-state index is 12.5. The van der Waals surface area contributed by atoms with Gasteiger partial charge in [0.2, 0.25) is 0 Å². The number of benzene rings is 3. The first kappa shape index (κ1) is 33.8. The van der Waals surface area contributed by atoms with Gasteiger partial charge in [-0.3, -0.25) is 5.32 Å². The first-order valence-corrected chi connectivity index (χ1v) is 13.6. The third-order valence-corrected chi connectivity index (χ3v) is 5.25. The molecular weight excluding hydrogens is 554 g/mol. The molecule has 0 aliphatic heterocycles. The van der Waals surface area contributed by atoms with Crippen LogP contribution in [0.2, 0.25) is 0 Å². The summed E-state index contributed by atoms with van der Waals surface area (Å²) < 4.78 is 26.1. The summed E-state index contributed by atoms with van der Waals surface area (Å²) in [6, 6.07) is 18.6. The van der Waals surface area contributed by atoms with Crippen molar-refractivity contribution in [3.05, 3.63) is 109 Å². The predicted molar refractivity (Wildman–Crippen MR) is 162 cm³/mol. The van der Waals surface area contributed by atoms with E-state index in [2.05, 4.69) is 18.5 Å². The van der Waals surface area contributed by atoms with Crippen LogP contribution in [0.25, 0.3) is 0 Å². The van der Waals surface area contributed by atoms with Gasteiger partial charge in [-0.25, -0.2) is 19.2 Å². The normalized spacial score (nSPS) is 9.72. The SMILES string of the molecule is C=CCOC(=O)Nc1ccc(C(=O)Oc2ccc(OC(=O)c3ccc(OCCCCOC(=O)C=C)cc3)cc2)cc1.CC. The second-order valence-electron chi connectivity index (χ2n) is 8.29. The molecule has 0 aliphatic rings. The molecule has 0 unspecified atom stereocenters. The molecule has 43 heavy (non-hydrogen) atoms. The van der Waals surface area contributed by atoms with Crippen LogP contribution in [0.15, 0.2) is 98.1 Å². The molecule has 0 spiro atoms. The summed E-state index contributed by atoms with van der Waals surface area (Å²) in [6.45, 7) is 11.6. The molecule has 10 nitrogen and oxygen atoms in total. The van der Waals surface area contributed by atoms with Gasteiger partial charge < -0.3 is 23.7 Å². The zero-order valence-corrected chi connectivity index (χ0v) is 24.2. The molecule has 3 rings (SSSR count). The summed E-state index contributed by atoms with van der Waals surface area (Å²) in [5.74, 6) is -0.503. The lowest BCUT2D eigenvalue weighted by Crippen LogP contribution is -2.14. The van der Waals surface area contributed by atoms with Gasteiger partial charge in [-0.15, -0.1) is 0 Å². The van der Waals surface area contributed by atoms with E-state index in [0.29, 0.717) is 43.1 Å². The number of amides is 1. The van der Waals surface area contributed by atoms with Gasteiger partial charge in [0, 0.05) is 11.8 Å². The third kappa shape index (κ3) is 12.3. The summed E-state index contributed by atoms with van der Waals surface area (Å²) in [5, 5.41) is 2.52. The van der Waals surface area contributed by atoms with Crippen LogP contribution in [0.4, 0.5) is 10.5 Å². The third-order valence-electron chi connectivity index (χ3n) is 5.25. The Bertz CT molecular complexity index is 1350. The molecule has 1 N–H and O–H groups in total. The average molecular weight is 590 g/mol. The van der Waals surface area contributed by atoms with E-state index in [-0.39, 0.29) is 23.7 Å². The van der Waals surface area contributed by atoms with Crippen LogP contribution in [0.1, 0.15) is 47.4 Å². The Morgan fingerprint density at radius 2 is 1.16 bits per heavy atom. The molecule has 0 radical (unpaired) electrons. The van der Waals surface area contributed by atoms with Crippen LogP contribution in [0.3, 0.4) is 0 Å². The highest BCUT2D eigenvalue weighted by Crippen LogP contribution is 2.21. The number of unbranched alkanes of at least 4 members (excludes halogenated alkanes) is 1. The van der Waals surface area contributed by atoms with Crippen LogP contribution in [0, 0.1) is 0 Å². The molecule has 0 heterocycles. The van der Waals surface area contributed by atoms with Gasteiger partial charge in [-0.05, 0) is 85.6 Å². The highest BCUT2D eigenvalue weighted by atomic mass is 16.6. The Balaban J connectivity index is 0.00000316. The molecule has 0 aliphatic carbocycles. The van der Waals surface area contributed by atoms with Gasteiger partial charge in [-0.2, -0.15) is 0 Å². The highest BCUT2D eigenvalue weighted by Gasteiger charge is 2.12. The fraction of sp³-hybridized carbons (Fsp3) is 0.212. The van der Waals surface area contributed by atoms with E-state index >= 15 is 0 Å². The van der Waals surface area contributed by atoms with E-state index in [1.807, 2.05) is 13.8 Å². The molecule has 3 aromatic carbocycles. The number of hydrogen-bond donors (Lipinski definition) is 1. The molecule has 10 heteroatoms. The van der Waals surface area contributed by atoms with Gasteiger partial charge >= 0.3 is 24.0 Å². The van der Waals surface area contributed by atoms with Crippen LogP contribution in [-0.2, 0) is 14.3 Å². The minimum absolute atomic E-state index is 0.0814. The highest BCUT2D eigenvalue weighted by molar-refractivity contribution is 5.93. The molecule has 0 atom stereocenters. The van der Waals surface area contributed by atoms with Gasteiger partial charge in [0.1, 0.15) is 23.9 Å². The van der Waals surface area contributed by atoms with E-state index in [0.717, 1.165) is 6.08 Å². The molecule has 226 valence electrons. The van der Waals surface area contributed by atoms with E-state index in [4.69, 9.17) is 23.7 Å². The van der Waals surface area contributed by atoms with Crippen molar-refractivity contribution in [2.45, 2.75) is 26.7 Å². The summed E-state index contributed by atoms with van der Waals surface area (Å²) in [4.78, 5) is 47.5. The lowest BCUT2D eigenvalue weighted by molar-refractivity contribution is -0.137. The number of ether oxygens (including phenoxy) is 5. The van der Waals surface area contributed by atoms with Gasteiger partial charge in [0.15, 0.2) is 0 Å². The Labute approximate surface area is 250 Å². The molecule has 0 aromatic heterocycles. The average Bonchev–Trinajstić information content (AvgIpc) is 3.04. The number of hydrogen-bond acceptors (Lipinski definition) is 9. The first-order chi connectivity index (χ1) is 20.9. The Morgan fingerprint density at radius 3 is 1.67 bits per heavy atom. The molecular formula is C33H35NO9. The Morgan fingerprint density at radius 1 is 0.674 bits per heavy atom. The lowest BCUT2D eigenvalue weighted by Gasteiger charge is -2.09. The van der Waals surface area contributed by atoms with Crippen molar-refractivity contribution in [2.24, 2.45) is 0 Å². The number of anilines is 1. The van der Waals surface area contributed by atoms with Gasteiger partial charge in [-0.1, -0.05) is 33.1 Å². The van der Waals surface area contributed by atoms with Crippen molar-refractivity contribution < 1.29 is 42.9 Å². The number of rotatable bonds is 14. The van der Waals surface area contributed by atoms with Crippen LogP contribution in [-0.4, -0.2) is 43.8 Å². The molecule has 0 saturated carbocycles. The summed E-state index contributed by atoms with van der Waals surface area (Å²) >= 11 is 0. The minimum atomic E-state index is -0.638. The quantitative estimate of drug-likeness (QED) is 0.0712. The van der Waals surface area contributed by atoms with Crippen molar-refractivity contribution in [3.8, 4) is 17.2 Å². The van der Waals surface area contributed by atoms with Crippen molar-refractivity contribution in [3.63, 3.8) is 0 Å². The van der Waals surface area contributed by atoms with Gasteiger partial charge in [0.05, 0.1) is 24.3 Å². The van der Waals surface area contributed by atoms with Gasteiger partial charge in [0.25, 0.3) is 0 Å². The fourth-order valence-corrected chi connectivity index (χ4v) is 3.20. The van der Waals surface area contributed by atoms with Crippen molar-refractivity contribution in [2.75, 3.05) is 25.1 Å². The fourth-order valence-electron chi connectivity index (χ4n) is 3.20. The molecule has 0 fully saturated rings. The van der Waals surface area contributed by atoms with Crippen LogP contribution < -0.4 is 19.5 Å². The molecule has 3 aromatic rings. The van der Waals surface area contributed by atoms with Crippen molar-refractivity contribution in [1.82, 2.24) is 0 Å². The number of nitrogens with one attached hydrogen (secondary N) is 1. The largest absolute Gasteiger partial charge is 0.494 e. The van der Waals surface area contributed by atoms with E-state index in [1.54, 1.807) is 36.4 Å². The van der Waals surface area contributed by atoms with E-state index in [1.165, 1.54) is 42.5 Å². The smallest absolute Gasteiger partial charge is 0.411 e. The Hall–Kier alpha value is -5.38. The molecule has 1 amide bonds. The number of carbonyl (C=O) groups excluding carboxylic acids is 4. The lowest BCUT2D eigenvalue weighted by atomic mass is 10.2. The monoisotopic (exact) mass is 589 g/mol. The topological polar surface area (TPSA) is 126 Å². The maximum atomic E-state index is 12.5. The minimum Gasteiger partial charge on any atom is -0.494 e. The van der Waals surface area contributed by atoms with Crippen LogP contribution >= 0.6 is 0 Å². The standard InChI is InChI=1S/C31H29NO9.C2H6/c1-3-19-39-31(36)32-24-11-7-22(8-12-24)29(34)40-26-15-17-27(18-16-26)41-30(35)23-9-13-25(14-10-23)37-20-5-6-21-38-28(33)4-2;1-2/h3-4,7-18H,1-2,5-6,19-21H2,(H,32,36);1-2H3. The summed E-state index contributed by atoms with van der Waals surface area (Å²) in [6.07, 6.45) is 3.28. The second-order valence-corrected chi connectivity index (χ2v) is 8.29. The Kier molecular flexibility index (Phi) is 14.8. The molecule has 0 saturated heterocycles. The van der Waals surface area contributed by atoms with Crippen molar-refractivity contribution in [1.29, 1.82) is 0 Å². The summed E-state index contributed by atoms with van der Waals surface area (Å²) in [5.41, 5.74) is 1.05. The maximum Gasteiger partial charge on any atom is 0.411 e. The predicted octanol–water partition coefficient (Wildman–Crippen LogP) is 6.77.